The number of nitrogens with zero attached hydrogens (tertiary/aromatic N) is 1. The van der Waals surface area contributed by atoms with E-state index in [0.29, 0.717) is 6.54 Å². The number of anilines is 1. The molecule has 0 aliphatic heterocycles. The lowest BCUT2D eigenvalue weighted by atomic mass is 10.2. The molecular formula is C13H12ClN. The number of benzene rings is 2. The van der Waals surface area contributed by atoms with Crippen molar-refractivity contribution in [2.24, 2.45) is 0 Å². The molecule has 0 aliphatic carbocycles. The van der Waals surface area contributed by atoms with Crippen molar-refractivity contribution < 1.29 is 0 Å². The van der Waals surface area contributed by atoms with Gasteiger partial charge in [-0.05, 0) is 17.7 Å². The summed E-state index contributed by atoms with van der Waals surface area (Å²) < 4.78 is 1.72. The molecule has 0 saturated carbocycles. The van der Waals surface area contributed by atoms with Gasteiger partial charge in [-0.15, -0.1) is 0 Å². The summed E-state index contributed by atoms with van der Waals surface area (Å²) in [7, 11) is 0. The highest BCUT2D eigenvalue weighted by Gasteiger charge is 2.02. The van der Waals surface area contributed by atoms with Crippen LogP contribution in [0.4, 0.5) is 5.69 Å². The lowest BCUT2D eigenvalue weighted by molar-refractivity contribution is 1.05. The van der Waals surface area contributed by atoms with Gasteiger partial charge in [0.25, 0.3) is 0 Å². The molecule has 0 aromatic heterocycles. The predicted molar refractivity (Wildman–Crippen MR) is 64.9 cm³/mol. The maximum absolute atomic E-state index is 6.17. The molecule has 0 saturated heterocycles. The molecule has 0 spiro atoms. The molecule has 0 bridgehead atoms. The van der Waals surface area contributed by atoms with Crippen molar-refractivity contribution in [2.45, 2.75) is 6.54 Å². The van der Waals surface area contributed by atoms with Crippen molar-refractivity contribution in [2.75, 3.05) is 4.42 Å². The highest BCUT2D eigenvalue weighted by molar-refractivity contribution is 6.25. The Balaban J connectivity index is 2.08. The van der Waals surface area contributed by atoms with Crippen LogP contribution in [0.15, 0.2) is 60.7 Å². The van der Waals surface area contributed by atoms with Crippen LogP contribution in [-0.2, 0) is 6.54 Å². The summed E-state index contributed by atoms with van der Waals surface area (Å²) in [4.78, 5) is 0. The largest absolute Gasteiger partial charge is 0.281 e. The van der Waals surface area contributed by atoms with Crippen molar-refractivity contribution in [3.63, 3.8) is 0 Å². The average Bonchev–Trinajstić information content (AvgIpc) is 2.31. The van der Waals surface area contributed by atoms with Crippen LogP contribution < -0.4 is 4.42 Å². The zero-order valence-electron chi connectivity index (χ0n) is 8.31. The molecule has 0 N–H and O–H groups in total. The van der Waals surface area contributed by atoms with E-state index >= 15 is 0 Å². The topological polar surface area (TPSA) is 3.24 Å². The molecule has 76 valence electrons. The molecule has 0 unspecified atom stereocenters. The maximum atomic E-state index is 6.17. The van der Waals surface area contributed by atoms with Gasteiger partial charge >= 0.3 is 0 Å². The first kappa shape index (κ1) is 10.1. The van der Waals surface area contributed by atoms with E-state index in [0.717, 1.165) is 5.69 Å². The molecule has 2 heteroatoms. The molecule has 2 rings (SSSR count). The standard InChI is InChI=1S/C13H12ClN/c14-15(13-9-5-2-6-10-13)11-12-7-3-1-4-8-12/h1-10H,11H2. The third-order valence-corrected chi connectivity index (χ3v) is 2.52. The van der Waals surface area contributed by atoms with Crippen LogP contribution in [0, 0.1) is 0 Å². The fourth-order valence-electron chi connectivity index (χ4n) is 1.42. The van der Waals surface area contributed by atoms with Gasteiger partial charge in [-0.1, -0.05) is 48.5 Å². The van der Waals surface area contributed by atoms with Gasteiger partial charge in [0.2, 0.25) is 0 Å². The zero-order chi connectivity index (χ0) is 10.5. The van der Waals surface area contributed by atoms with E-state index in [9.17, 15) is 0 Å². The molecule has 2 aromatic carbocycles. The minimum absolute atomic E-state index is 0.715. The van der Waals surface area contributed by atoms with Gasteiger partial charge in [0.15, 0.2) is 0 Å². The normalized spacial score (nSPS) is 9.93. The smallest absolute Gasteiger partial charge is 0.0599 e. The van der Waals surface area contributed by atoms with E-state index in [4.69, 9.17) is 11.8 Å². The number of hydrogen-bond donors (Lipinski definition) is 0. The van der Waals surface area contributed by atoms with Crippen molar-refractivity contribution in [3.8, 4) is 0 Å². The molecule has 0 atom stereocenters. The Morgan fingerprint density at radius 1 is 0.800 bits per heavy atom. The summed E-state index contributed by atoms with van der Waals surface area (Å²) in [5.41, 5.74) is 2.22. The monoisotopic (exact) mass is 217 g/mol. The van der Waals surface area contributed by atoms with Gasteiger partial charge < -0.3 is 0 Å². The summed E-state index contributed by atoms with van der Waals surface area (Å²) >= 11 is 6.17. The minimum Gasteiger partial charge on any atom is -0.281 e. The number of para-hydroxylation sites is 1. The first-order chi connectivity index (χ1) is 7.36. The second kappa shape index (κ2) is 4.85. The van der Waals surface area contributed by atoms with E-state index in [2.05, 4.69) is 12.1 Å². The number of hydrogen-bond acceptors (Lipinski definition) is 1. The fourth-order valence-corrected chi connectivity index (χ4v) is 1.68. The van der Waals surface area contributed by atoms with Gasteiger partial charge in [0.05, 0.1) is 12.2 Å². The van der Waals surface area contributed by atoms with Crippen LogP contribution in [-0.4, -0.2) is 0 Å². The molecule has 0 fully saturated rings. The lowest BCUT2D eigenvalue weighted by Gasteiger charge is -2.15. The summed E-state index contributed by atoms with van der Waals surface area (Å²) in [5.74, 6) is 0. The molecule has 0 amide bonds. The van der Waals surface area contributed by atoms with E-state index in [1.807, 2.05) is 48.5 Å². The molecule has 2 aromatic rings. The Hall–Kier alpha value is -1.47. The first-order valence-corrected chi connectivity index (χ1v) is 5.22. The highest BCUT2D eigenvalue weighted by Crippen LogP contribution is 2.18. The summed E-state index contributed by atoms with van der Waals surface area (Å²) in [6.45, 7) is 0.715. The van der Waals surface area contributed by atoms with E-state index in [1.165, 1.54) is 5.56 Å². The van der Waals surface area contributed by atoms with Gasteiger partial charge in [0.1, 0.15) is 0 Å². The zero-order valence-corrected chi connectivity index (χ0v) is 9.06. The van der Waals surface area contributed by atoms with Gasteiger partial charge in [-0.2, -0.15) is 0 Å². The molecular weight excluding hydrogens is 206 g/mol. The second-order valence-corrected chi connectivity index (χ2v) is 3.75. The van der Waals surface area contributed by atoms with Crippen molar-refractivity contribution in [3.05, 3.63) is 66.2 Å². The molecule has 15 heavy (non-hydrogen) atoms. The van der Waals surface area contributed by atoms with Crippen molar-refractivity contribution in [1.82, 2.24) is 0 Å². The van der Waals surface area contributed by atoms with Crippen LogP contribution >= 0.6 is 11.8 Å². The van der Waals surface area contributed by atoms with Crippen LogP contribution in [0.2, 0.25) is 0 Å². The highest BCUT2D eigenvalue weighted by atomic mass is 35.5. The third kappa shape index (κ3) is 2.74. The second-order valence-electron chi connectivity index (χ2n) is 3.34. The molecule has 0 radical (unpaired) electrons. The van der Waals surface area contributed by atoms with Gasteiger partial charge in [-0.25, -0.2) is 0 Å². The Morgan fingerprint density at radius 3 is 1.93 bits per heavy atom. The van der Waals surface area contributed by atoms with E-state index < -0.39 is 0 Å². The summed E-state index contributed by atoms with van der Waals surface area (Å²) in [5, 5.41) is 0. The molecule has 1 nitrogen and oxygen atoms in total. The van der Waals surface area contributed by atoms with Crippen molar-refractivity contribution >= 4 is 17.5 Å². The Bertz CT molecular complexity index is 399. The third-order valence-electron chi connectivity index (χ3n) is 2.20. The number of rotatable bonds is 3. The molecule has 0 aliphatic rings. The molecule has 0 heterocycles. The van der Waals surface area contributed by atoms with Crippen LogP contribution in [0.25, 0.3) is 0 Å². The maximum Gasteiger partial charge on any atom is 0.0599 e. The van der Waals surface area contributed by atoms with Crippen LogP contribution in [0.3, 0.4) is 0 Å². The SMILES string of the molecule is ClN(Cc1ccccc1)c1ccccc1. The van der Waals surface area contributed by atoms with Gasteiger partial charge in [-0.3, -0.25) is 4.42 Å². The Morgan fingerprint density at radius 2 is 1.33 bits per heavy atom. The number of halogens is 1. The minimum atomic E-state index is 0.715. The summed E-state index contributed by atoms with van der Waals surface area (Å²) in [6, 6.07) is 20.1. The fraction of sp³-hybridized carbons (Fsp3) is 0.0769. The average molecular weight is 218 g/mol. The first-order valence-electron chi connectivity index (χ1n) is 4.88. The van der Waals surface area contributed by atoms with E-state index in [-0.39, 0.29) is 0 Å². The summed E-state index contributed by atoms with van der Waals surface area (Å²) in [6.07, 6.45) is 0. The Labute approximate surface area is 95.0 Å². The van der Waals surface area contributed by atoms with Crippen molar-refractivity contribution in [1.29, 1.82) is 0 Å². The quantitative estimate of drug-likeness (QED) is 0.706. The lowest BCUT2D eigenvalue weighted by Crippen LogP contribution is -2.09. The predicted octanol–water partition coefficient (Wildman–Crippen LogP) is 3.85. The van der Waals surface area contributed by atoms with Crippen LogP contribution in [0.5, 0.6) is 0 Å². The van der Waals surface area contributed by atoms with Crippen LogP contribution in [0.1, 0.15) is 5.56 Å². The Kier molecular flexibility index (Phi) is 3.25. The van der Waals surface area contributed by atoms with E-state index in [1.54, 1.807) is 4.42 Å². The van der Waals surface area contributed by atoms with Gasteiger partial charge in [0, 0.05) is 11.8 Å².